The fraction of sp³-hybridized carbons (Fsp3) is 0.761. The van der Waals surface area contributed by atoms with E-state index in [4.69, 9.17) is 17.2 Å². The minimum Gasteiger partial charge on any atom is -0.391 e. The van der Waals surface area contributed by atoms with Crippen molar-refractivity contribution in [2.75, 3.05) is 39.8 Å². The Morgan fingerprint density at radius 3 is 1.87 bits per heavy atom. The van der Waals surface area contributed by atoms with Crippen LogP contribution < -0.4 is 49.1 Å². The van der Waals surface area contributed by atoms with Gasteiger partial charge in [0, 0.05) is 33.6 Å². The third kappa shape index (κ3) is 19.1. The van der Waals surface area contributed by atoms with E-state index < -0.39 is 126 Å². The summed E-state index contributed by atoms with van der Waals surface area (Å²) in [5.74, 6) is -9.07. The molecule has 0 bridgehead atoms. The molecule has 0 aromatic heterocycles. The molecule has 0 aromatic rings. The molecule has 10 atom stereocenters. The highest BCUT2D eigenvalue weighted by Crippen LogP contribution is 2.25. The van der Waals surface area contributed by atoms with Gasteiger partial charge in [0.15, 0.2) is 5.96 Å². The maximum absolute atomic E-state index is 15.0. The lowest BCUT2D eigenvalue weighted by atomic mass is 9.95. The number of nitrogens with one attached hydrogen (secondary N) is 6. The van der Waals surface area contributed by atoms with Crippen molar-refractivity contribution in [1.29, 1.82) is 0 Å². The van der Waals surface area contributed by atoms with E-state index in [1.807, 2.05) is 0 Å². The summed E-state index contributed by atoms with van der Waals surface area (Å²) in [6, 6.07) is -9.39. The van der Waals surface area contributed by atoms with E-state index in [0.717, 1.165) is 9.80 Å². The fourth-order valence-corrected chi connectivity index (χ4v) is 7.61. The van der Waals surface area contributed by atoms with Crippen molar-refractivity contribution in [3.05, 3.63) is 0 Å². The molecule has 0 saturated carbocycles. The van der Waals surface area contributed by atoms with Crippen LogP contribution in [0.3, 0.4) is 0 Å². The number of nitrogens with zero attached hydrogens (tertiary/aromatic N) is 4. The number of likely N-dealkylation sites (tertiary alicyclic amines) is 1. The smallest absolute Gasteiger partial charge is 0.252 e. The Morgan fingerprint density at radius 2 is 1.34 bits per heavy atom. The van der Waals surface area contributed by atoms with Crippen LogP contribution in [-0.2, 0) is 47.9 Å². The quantitative estimate of drug-likeness (QED) is 0.0214. The maximum Gasteiger partial charge on any atom is 0.252 e. The van der Waals surface area contributed by atoms with Gasteiger partial charge in [-0.1, -0.05) is 67.7 Å². The van der Waals surface area contributed by atoms with Crippen LogP contribution in [0.25, 0.3) is 0 Å². The lowest BCUT2D eigenvalue weighted by Crippen LogP contribution is -2.65. The molecular weight excluding hydrogens is 911 g/mol. The van der Waals surface area contributed by atoms with Gasteiger partial charge in [-0.2, -0.15) is 0 Å². The number of hydrogen-bond acceptors (Lipinski definition) is 13. The standard InChI is InChI=1S/C46H83N13O11/c1-12-18-30(43(68)59(45(70)35(47)26(7)13-2)32(19-16-21-51-46(48)49)44(69)58-22-17-20-31(58)39(64)50-15-4)53-42(67)38(28(9)60)56-41(66)37(27(8)14-3)55-40(65)36(25(5)6)54-33(62)23-52-34(63)24-57(11)29(10)61/h25-28,30-32,35-38,60H,12-24,47H2,1-11H3,(H,50,64)(H,52,63)(H,53,67)(H,54,62)(H,55,65)(H,56,66)(H4,48,49,51)/t26-,27-,28+,30-,31-,32-,35-,36-,37+,38-/m0/s1. The van der Waals surface area contributed by atoms with Crippen LogP contribution in [0.5, 0.6) is 0 Å². The summed E-state index contributed by atoms with van der Waals surface area (Å²) in [6.45, 7) is 15.9. The van der Waals surface area contributed by atoms with E-state index >= 15 is 4.79 Å². The van der Waals surface area contributed by atoms with Crippen LogP contribution in [0.1, 0.15) is 121 Å². The number of hydrogen-bond donors (Lipinski definition) is 10. The van der Waals surface area contributed by atoms with Gasteiger partial charge in [0.05, 0.1) is 25.2 Å². The highest BCUT2D eigenvalue weighted by atomic mass is 16.3. The fourth-order valence-electron chi connectivity index (χ4n) is 7.61. The van der Waals surface area contributed by atoms with Crippen LogP contribution >= 0.6 is 0 Å². The minimum atomic E-state index is -1.72. The van der Waals surface area contributed by atoms with Crippen molar-refractivity contribution in [2.45, 2.75) is 169 Å². The first-order valence-corrected chi connectivity index (χ1v) is 24.4. The average molecular weight is 994 g/mol. The Morgan fingerprint density at radius 1 is 0.757 bits per heavy atom. The molecule has 1 rings (SSSR count). The molecule has 1 aliphatic rings. The van der Waals surface area contributed by atoms with Crippen molar-refractivity contribution in [3.63, 3.8) is 0 Å². The van der Waals surface area contributed by atoms with Gasteiger partial charge >= 0.3 is 0 Å². The zero-order chi connectivity index (χ0) is 53.6. The number of aliphatic hydroxyl groups excluding tert-OH is 1. The van der Waals surface area contributed by atoms with Crippen LogP contribution in [0.2, 0.25) is 0 Å². The molecule has 1 saturated heterocycles. The summed E-state index contributed by atoms with van der Waals surface area (Å²) in [7, 11) is 1.42. The van der Waals surface area contributed by atoms with Gasteiger partial charge in [-0.05, 0) is 63.7 Å². The van der Waals surface area contributed by atoms with Crippen molar-refractivity contribution in [1.82, 2.24) is 46.6 Å². The molecule has 0 unspecified atom stereocenters. The summed E-state index contributed by atoms with van der Waals surface area (Å²) in [5, 5.41) is 26.4. The van der Waals surface area contributed by atoms with Crippen LogP contribution in [0, 0.1) is 17.8 Å². The van der Waals surface area contributed by atoms with E-state index in [0.29, 0.717) is 32.2 Å². The SMILES string of the molecule is CCC[C@H](NC(=O)[C@@H](NC(=O)[C@H](NC(=O)[C@@H](NC(=O)CNC(=O)CN(C)C(C)=O)C(C)C)[C@@H](C)CC)[C@@H](C)O)C(=O)N(C(=O)[C@@H](N)[C@@H](C)CC)[C@@H](CCCN=C(N)N)C(=O)N1CCC[C@H]1C(=O)NCC. The van der Waals surface area contributed by atoms with E-state index in [-0.39, 0.29) is 57.2 Å². The molecule has 398 valence electrons. The molecule has 24 nitrogen and oxygen atoms in total. The maximum atomic E-state index is 15.0. The van der Waals surface area contributed by atoms with Crippen LogP contribution in [-0.4, -0.2) is 173 Å². The monoisotopic (exact) mass is 994 g/mol. The second kappa shape index (κ2) is 30.6. The first kappa shape index (κ1) is 62.1. The van der Waals surface area contributed by atoms with Crippen molar-refractivity contribution < 1.29 is 53.1 Å². The lowest BCUT2D eigenvalue weighted by Gasteiger charge is -2.38. The molecule has 0 spiro atoms. The van der Waals surface area contributed by atoms with Gasteiger partial charge < -0.3 is 64.0 Å². The highest BCUT2D eigenvalue weighted by molar-refractivity contribution is 6.06. The largest absolute Gasteiger partial charge is 0.391 e. The number of aliphatic imine (C=N–C) groups is 1. The third-order valence-electron chi connectivity index (χ3n) is 12.4. The third-order valence-corrected chi connectivity index (χ3v) is 12.4. The predicted molar refractivity (Wildman–Crippen MR) is 261 cm³/mol. The lowest BCUT2D eigenvalue weighted by molar-refractivity contribution is -0.159. The summed E-state index contributed by atoms with van der Waals surface area (Å²) < 4.78 is 0. The molecule has 1 heterocycles. The van der Waals surface area contributed by atoms with Crippen molar-refractivity contribution in [2.24, 2.45) is 39.9 Å². The van der Waals surface area contributed by atoms with Gasteiger partial charge in [0.2, 0.25) is 53.2 Å². The number of guanidine groups is 1. The first-order valence-electron chi connectivity index (χ1n) is 24.4. The zero-order valence-corrected chi connectivity index (χ0v) is 43.1. The minimum absolute atomic E-state index is 0.0249. The Hall–Kier alpha value is -5.91. The molecule has 0 aliphatic carbocycles. The molecular formula is C46H83N13O11. The summed E-state index contributed by atoms with van der Waals surface area (Å²) in [4.78, 5) is 143. The van der Waals surface area contributed by atoms with E-state index in [9.17, 15) is 48.3 Å². The van der Waals surface area contributed by atoms with Crippen LogP contribution in [0.4, 0.5) is 0 Å². The Labute approximate surface area is 412 Å². The molecule has 24 heteroatoms. The molecule has 70 heavy (non-hydrogen) atoms. The summed E-state index contributed by atoms with van der Waals surface area (Å²) >= 11 is 0. The normalized spacial score (nSPS) is 17.2. The molecule has 0 aromatic carbocycles. The number of carbonyl (C=O) groups excluding carboxylic acids is 10. The number of aliphatic hydroxyl groups is 1. The Balaban J connectivity index is 3.63. The van der Waals surface area contributed by atoms with Gasteiger partial charge in [0.1, 0.15) is 36.3 Å². The van der Waals surface area contributed by atoms with Crippen molar-refractivity contribution >= 4 is 65.0 Å². The van der Waals surface area contributed by atoms with Crippen molar-refractivity contribution in [3.8, 4) is 0 Å². The number of likely N-dealkylation sites (N-methyl/N-ethyl adjacent to an activating group) is 2. The highest BCUT2D eigenvalue weighted by Gasteiger charge is 2.46. The van der Waals surface area contributed by atoms with E-state index in [2.05, 4.69) is 36.9 Å². The Kier molecular flexibility index (Phi) is 27.2. The van der Waals surface area contributed by atoms with Gasteiger partial charge in [-0.3, -0.25) is 57.8 Å². The number of amides is 10. The van der Waals surface area contributed by atoms with Gasteiger partial charge in [0.25, 0.3) is 5.91 Å². The Bertz CT molecular complexity index is 1840. The summed E-state index contributed by atoms with van der Waals surface area (Å²) in [5.41, 5.74) is 17.6. The second-order valence-electron chi connectivity index (χ2n) is 18.4. The molecule has 1 aliphatic heterocycles. The number of rotatable bonds is 29. The second-order valence-corrected chi connectivity index (χ2v) is 18.4. The topological polar surface area (TPSA) is 363 Å². The molecule has 13 N–H and O–H groups in total. The number of imide groups is 1. The van der Waals surface area contributed by atoms with Gasteiger partial charge in [-0.25, -0.2) is 0 Å². The molecule has 10 amide bonds. The molecule has 1 fully saturated rings. The first-order chi connectivity index (χ1) is 32.8. The van der Waals surface area contributed by atoms with E-state index in [1.54, 1.807) is 55.4 Å². The predicted octanol–water partition coefficient (Wildman–Crippen LogP) is -2.32. The average Bonchev–Trinajstić information content (AvgIpc) is 3.80. The van der Waals surface area contributed by atoms with E-state index in [1.165, 1.54) is 25.8 Å². The van der Waals surface area contributed by atoms with Crippen LogP contribution in [0.15, 0.2) is 4.99 Å². The zero-order valence-electron chi connectivity index (χ0n) is 43.1. The molecule has 0 radical (unpaired) electrons. The number of nitrogens with two attached hydrogens (primary N) is 3. The summed E-state index contributed by atoms with van der Waals surface area (Å²) in [6.07, 6.45) is 0.202. The number of carbonyl (C=O) groups is 10. The van der Waals surface area contributed by atoms with Gasteiger partial charge in [-0.15, -0.1) is 0 Å².